The lowest BCUT2D eigenvalue weighted by molar-refractivity contribution is 0.0961. The van der Waals surface area contributed by atoms with E-state index in [0.29, 0.717) is 37.1 Å². The van der Waals surface area contributed by atoms with Crippen LogP contribution in [0.2, 0.25) is 0 Å². The van der Waals surface area contributed by atoms with Gasteiger partial charge in [-0.3, -0.25) is 14.4 Å². The van der Waals surface area contributed by atoms with Crippen molar-refractivity contribution in [2.24, 2.45) is 0 Å². The first-order valence-corrected chi connectivity index (χ1v) is 7.89. The molecule has 0 N–H and O–H groups in total. The van der Waals surface area contributed by atoms with Crippen LogP contribution in [0.5, 0.6) is 5.88 Å². The number of benzene rings is 1. The molecule has 4 rings (SSSR count). The number of aromatic nitrogens is 3. The van der Waals surface area contributed by atoms with Crippen molar-refractivity contribution in [3.63, 3.8) is 0 Å². The van der Waals surface area contributed by atoms with Crippen LogP contribution in [-0.2, 0) is 13.2 Å². The molecule has 0 saturated heterocycles. The summed E-state index contributed by atoms with van der Waals surface area (Å²) in [6.45, 7) is 1.25. The second kappa shape index (κ2) is 6.35. The summed E-state index contributed by atoms with van der Waals surface area (Å²) in [5.41, 5.74) is 1.42. The quantitative estimate of drug-likeness (QED) is 0.734. The molecule has 1 aromatic carbocycles. The fourth-order valence-corrected chi connectivity index (χ4v) is 2.73. The fourth-order valence-electron chi connectivity index (χ4n) is 2.73. The first kappa shape index (κ1) is 15.3. The largest absolute Gasteiger partial charge is 0.472 e. The molecule has 126 valence electrons. The first-order chi connectivity index (χ1) is 12.2. The smallest absolute Gasteiger partial charge is 0.277 e. The lowest BCUT2D eigenvalue weighted by Gasteiger charge is -2.26. The Morgan fingerprint density at radius 1 is 1.12 bits per heavy atom. The van der Waals surface area contributed by atoms with Gasteiger partial charge in [0.1, 0.15) is 23.9 Å². The summed E-state index contributed by atoms with van der Waals surface area (Å²) in [6.07, 6.45) is 1.35. The second-order valence-electron chi connectivity index (χ2n) is 5.65. The van der Waals surface area contributed by atoms with Gasteiger partial charge in [0.25, 0.3) is 5.91 Å². The molecule has 25 heavy (non-hydrogen) atoms. The van der Waals surface area contributed by atoms with Crippen molar-refractivity contribution in [3.8, 4) is 5.88 Å². The van der Waals surface area contributed by atoms with Gasteiger partial charge < -0.3 is 4.74 Å². The third kappa shape index (κ3) is 3.08. The van der Waals surface area contributed by atoms with E-state index in [9.17, 15) is 9.18 Å². The summed E-state index contributed by atoms with van der Waals surface area (Å²) >= 11 is 0. The van der Waals surface area contributed by atoms with Gasteiger partial charge in [0.2, 0.25) is 5.88 Å². The van der Waals surface area contributed by atoms with Crippen molar-refractivity contribution >= 4 is 11.7 Å². The van der Waals surface area contributed by atoms with Crippen LogP contribution in [0.1, 0.15) is 16.1 Å². The molecule has 7 heteroatoms. The maximum Gasteiger partial charge on any atom is 0.277 e. The number of anilines is 1. The summed E-state index contributed by atoms with van der Waals surface area (Å²) in [5, 5.41) is 4.31. The minimum Gasteiger partial charge on any atom is -0.472 e. The average molecular weight is 338 g/mol. The van der Waals surface area contributed by atoms with Crippen LogP contribution < -0.4 is 9.64 Å². The molecule has 0 unspecified atom stereocenters. The maximum absolute atomic E-state index is 13.4. The van der Waals surface area contributed by atoms with Gasteiger partial charge in [0.15, 0.2) is 0 Å². The van der Waals surface area contributed by atoms with Crippen LogP contribution in [-0.4, -0.2) is 27.2 Å². The van der Waals surface area contributed by atoms with E-state index in [1.165, 1.54) is 23.2 Å². The van der Waals surface area contributed by atoms with Crippen molar-refractivity contribution in [3.05, 3.63) is 71.8 Å². The van der Waals surface area contributed by atoms with Gasteiger partial charge >= 0.3 is 0 Å². The van der Waals surface area contributed by atoms with Gasteiger partial charge in [-0.25, -0.2) is 9.37 Å². The van der Waals surface area contributed by atoms with E-state index in [1.54, 1.807) is 10.7 Å². The summed E-state index contributed by atoms with van der Waals surface area (Å²) < 4.78 is 20.7. The molecule has 6 nitrogen and oxygen atoms in total. The van der Waals surface area contributed by atoms with Gasteiger partial charge in [0, 0.05) is 24.9 Å². The number of hydrogen-bond donors (Lipinski definition) is 0. The Labute approximate surface area is 143 Å². The standard InChI is InChI=1S/C18H15FN4O2/c19-14-6-7-20-16(10-14)22-8-9-23-15(18(22)24)11-17(21-23)25-12-13-4-2-1-3-5-13/h1-7,10-11H,8-9,12H2. The van der Waals surface area contributed by atoms with Crippen molar-refractivity contribution in [2.75, 3.05) is 11.4 Å². The normalized spacial score (nSPS) is 13.6. The van der Waals surface area contributed by atoms with Crippen LogP contribution in [0.15, 0.2) is 54.7 Å². The van der Waals surface area contributed by atoms with E-state index in [1.807, 2.05) is 30.3 Å². The highest BCUT2D eigenvalue weighted by Gasteiger charge is 2.28. The highest BCUT2D eigenvalue weighted by Crippen LogP contribution is 2.23. The van der Waals surface area contributed by atoms with Crippen molar-refractivity contribution in [2.45, 2.75) is 13.2 Å². The highest BCUT2D eigenvalue weighted by atomic mass is 19.1. The van der Waals surface area contributed by atoms with E-state index in [2.05, 4.69) is 10.1 Å². The zero-order chi connectivity index (χ0) is 17.2. The molecule has 0 bridgehead atoms. The van der Waals surface area contributed by atoms with E-state index in [0.717, 1.165) is 5.56 Å². The number of ether oxygens (including phenoxy) is 1. The molecule has 2 aromatic heterocycles. The van der Waals surface area contributed by atoms with Crippen molar-refractivity contribution in [1.29, 1.82) is 0 Å². The number of carbonyl (C=O) groups excluding carboxylic acids is 1. The third-order valence-electron chi connectivity index (χ3n) is 3.97. The van der Waals surface area contributed by atoms with Gasteiger partial charge in [-0.1, -0.05) is 30.3 Å². The Kier molecular flexibility index (Phi) is 3.89. The van der Waals surface area contributed by atoms with Crippen LogP contribution in [0, 0.1) is 5.82 Å². The zero-order valence-electron chi connectivity index (χ0n) is 13.3. The number of fused-ring (bicyclic) bond motifs is 1. The van der Waals surface area contributed by atoms with Gasteiger partial charge in [-0.15, -0.1) is 5.10 Å². The number of hydrogen-bond acceptors (Lipinski definition) is 4. The Hall–Kier alpha value is -3.22. The molecule has 1 amide bonds. The molecule has 0 fully saturated rings. The number of rotatable bonds is 4. The van der Waals surface area contributed by atoms with Gasteiger partial charge in [-0.2, -0.15) is 0 Å². The molecule has 3 heterocycles. The topological polar surface area (TPSA) is 60.2 Å². The number of amides is 1. The molecule has 3 aromatic rings. The SMILES string of the molecule is O=C1c2cc(OCc3ccccc3)nn2CCN1c1cc(F)ccn1. The van der Waals surface area contributed by atoms with Crippen molar-refractivity contribution < 1.29 is 13.9 Å². The maximum atomic E-state index is 13.4. The monoisotopic (exact) mass is 338 g/mol. The van der Waals surface area contributed by atoms with Crippen molar-refractivity contribution in [1.82, 2.24) is 14.8 Å². The van der Waals surface area contributed by atoms with E-state index >= 15 is 0 Å². The molecule has 0 atom stereocenters. The van der Waals surface area contributed by atoms with Crippen LogP contribution >= 0.6 is 0 Å². The number of pyridine rings is 1. The molecule has 0 spiro atoms. The fraction of sp³-hybridized carbons (Fsp3) is 0.167. The molecular weight excluding hydrogens is 323 g/mol. The Balaban J connectivity index is 1.53. The highest BCUT2D eigenvalue weighted by molar-refractivity contribution is 6.05. The predicted molar refractivity (Wildman–Crippen MR) is 88.9 cm³/mol. The second-order valence-corrected chi connectivity index (χ2v) is 5.65. The average Bonchev–Trinajstić information content (AvgIpc) is 3.05. The van der Waals surface area contributed by atoms with Gasteiger partial charge in [-0.05, 0) is 11.6 Å². The Morgan fingerprint density at radius 2 is 1.96 bits per heavy atom. The van der Waals surface area contributed by atoms with Crippen LogP contribution in [0.25, 0.3) is 0 Å². The predicted octanol–water partition coefficient (Wildman–Crippen LogP) is 2.66. The number of halogens is 1. The lowest BCUT2D eigenvalue weighted by atomic mass is 10.2. The first-order valence-electron chi connectivity index (χ1n) is 7.89. The Bertz CT molecular complexity index is 910. The molecular formula is C18H15FN4O2. The zero-order valence-corrected chi connectivity index (χ0v) is 13.3. The molecule has 0 radical (unpaired) electrons. The van der Waals surface area contributed by atoms with Gasteiger partial charge in [0.05, 0.1) is 6.54 Å². The van der Waals surface area contributed by atoms with E-state index < -0.39 is 5.82 Å². The summed E-state index contributed by atoms with van der Waals surface area (Å²) in [7, 11) is 0. The minimum absolute atomic E-state index is 0.272. The lowest BCUT2D eigenvalue weighted by Crippen LogP contribution is -2.40. The summed E-state index contributed by atoms with van der Waals surface area (Å²) in [4.78, 5) is 18.2. The number of nitrogens with zero attached hydrogens (tertiary/aromatic N) is 4. The molecule has 0 saturated carbocycles. The summed E-state index contributed by atoms with van der Waals surface area (Å²) in [6, 6.07) is 13.8. The van der Waals surface area contributed by atoms with Crippen LogP contribution in [0.4, 0.5) is 10.2 Å². The molecule has 1 aliphatic heterocycles. The molecule has 0 aliphatic carbocycles. The van der Waals surface area contributed by atoms with Crippen LogP contribution in [0.3, 0.4) is 0 Å². The number of carbonyl (C=O) groups is 1. The third-order valence-corrected chi connectivity index (χ3v) is 3.97. The van der Waals surface area contributed by atoms with E-state index in [4.69, 9.17) is 4.74 Å². The Morgan fingerprint density at radius 3 is 2.76 bits per heavy atom. The molecule has 1 aliphatic rings. The minimum atomic E-state index is -0.427. The van der Waals surface area contributed by atoms with E-state index in [-0.39, 0.29) is 5.91 Å². The summed E-state index contributed by atoms with van der Waals surface area (Å²) in [5.74, 6) is -0.0133.